The third-order valence-electron chi connectivity index (χ3n) is 3.78. The van der Waals surface area contributed by atoms with Crippen LogP contribution in [0.1, 0.15) is 25.5 Å². The summed E-state index contributed by atoms with van der Waals surface area (Å²) >= 11 is 0. The van der Waals surface area contributed by atoms with Crippen molar-refractivity contribution in [1.29, 1.82) is 0 Å². The number of carbonyl (C=O) groups is 1. The van der Waals surface area contributed by atoms with Crippen LogP contribution in [0.4, 0.5) is 9.18 Å². The Morgan fingerprint density at radius 3 is 2.46 bits per heavy atom. The molecule has 0 aliphatic carbocycles. The molecule has 6 heteroatoms. The Kier molecular flexibility index (Phi) is 6.12. The van der Waals surface area contributed by atoms with Crippen molar-refractivity contribution >= 4 is 6.03 Å². The summed E-state index contributed by atoms with van der Waals surface area (Å²) in [5, 5.41) is 2.84. The lowest BCUT2D eigenvalue weighted by Gasteiger charge is -2.26. The van der Waals surface area contributed by atoms with E-state index in [1.54, 1.807) is 36.5 Å². The molecule has 0 aliphatic heterocycles. The van der Waals surface area contributed by atoms with Crippen molar-refractivity contribution < 1.29 is 13.9 Å². The van der Waals surface area contributed by atoms with Crippen LogP contribution in [0.5, 0.6) is 5.75 Å². The van der Waals surface area contributed by atoms with Crippen LogP contribution in [0.15, 0.2) is 48.8 Å². The highest BCUT2D eigenvalue weighted by Crippen LogP contribution is 2.17. The second kappa shape index (κ2) is 8.29. The molecule has 2 rings (SSSR count). The number of hydrogen-bond donors (Lipinski definition) is 1. The van der Waals surface area contributed by atoms with E-state index in [1.165, 1.54) is 12.1 Å². The average Bonchev–Trinajstić information content (AvgIpc) is 2.61. The third-order valence-corrected chi connectivity index (χ3v) is 3.78. The number of nitrogens with zero attached hydrogens (tertiary/aromatic N) is 2. The lowest BCUT2D eigenvalue weighted by molar-refractivity contribution is 0.179. The molecule has 1 heterocycles. The maximum absolute atomic E-state index is 12.9. The van der Waals surface area contributed by atoms with Crippen molar-refractivity contribution in [2.75, 3.05) is 13.6 Å². The van der Waals surface area contributed by atoms with Crippen LogP contribution in [-0.2, 0) is 0 Å². The van der Waals surface area contributed by atoms with Gasteiger partial charge in [-0.2, -0.15) is 0 Å². The monoisotopic (exact) mass is 331 g/mol. The zero-order valence-corrected chi connectivity index (χ0v) is 14.1. The van der Waals surface area contributed by atoms with E-state index in [0.29, 0.717) is 12.3 Å². The zero-order chi connectivity index (χ0) is 17.5. The van der Waals surface area contributed by atoms with E-state index in [2.05, 4.69) is 10.3 Å². The lowest BCUT2D eigenvalue weighted by Crippen LogP contribution is -2.42. The lowest BCUT2D eigenvalue weighted by atomic mass is 10.1. The van der Waals surface area contributed by atoms with E-state index < -0.39 is 0 Å². The molecule has 1 aromatic carbocycles. The van der Waals surface area contributed by atoms with Gasteiger partial charge in [0.1, 0.15) is 17.7 Å². The van der Waals surface area contributed by atoms with Crippen LogP contribution in [0.25, 0.3) is 0 Å². The van der Waals surface area contributed by atoms with Gasteiger partial charge < -0.3 is 15.0 Å². The van der Waals surface area contributed by atoms with Crippen molar-refractivity contribution in [3.8, 4) is 5.75 Å². The van der Waals surface area contributed by atoms with Gasteiger partial charge in [0.15, 0.2) is 0 Å². The number of halogens is 1. The molecule has 2 aromatic rings. The Morgan fingerprint density at radius 2 is 1.83 bits per heavy atom. The van der Waals surface area contributed by atoms with Crippen LogP contribution < -0.4 is 10.1 Å². The highest BCUT2D eigenvalue weighted by molar-refractivity contribution is 5.74. The van der Waals surface area contributed by atoms with Crippen LogP contribution in [0.3, 0.4) is 0 Å². The summed E-state index contributed by atoms with van der Waals surface area (Å²) in [5.74, 6) is 0.256. The van der Waals surface area contributed by atoms with Gasteiger partial charge in [-0.3, -0.25) is 4.98 Å². The summed E-state index contributed by atoms with van der Waals surface area (Å²) in [5.41, 5.74) is 1.01. The fourth-order valence-corrected chi connectivity index (χ4v) is 2.18. The topological polar surface area (TPSA) is 54.5 Å². The number of amides is 2. The molecular formula is C18H22FN3O2. The minimum atomic E-state index is -0.310. The quantitative estimate of drug-likeness (QED) is 0.883. The molecule has 0 aliphatic rings. The molecule has 0 radical (unpaired) electrons. The van der Waals surface area contributed by atoms with Crippen molar-refractivity contribution in [2.24, 2.45) is 0 Å². The van der Waals surface area contributed by atoms with Crippen LogP contribution in [-0.4, -0.2) is 35.6 Å². The van der Waals surface area contributed by atoms with Gasteiger partial charge in [-0.05, 0) is 55.8 Å². The van der Waals surface area contributed by atoms with Crippen molar-refractivity contribution in [3.05, 3.63) is 60.2 Å². The van der Waals surface area contributed by atoms with E-state index in [9.17, 15) is 9.18 Å². The summed E-state index contributed by atoms with van der Waals surface area (Å²) in [7, 11) is 1.74. The Bertz CT molecular complexity index is 649. The summed E-state index contributed by atoms with van der Waals surface area (Å²) in [6.07, 6.45) is 3.18. The van der Waals surface area contributed by atoms with Crippen LogP contribution in [0, 0.1) is 5.82 Å². The number of rotatable bonds is 6. The normalized spacial score (nSPS) is 13.0. The van der Waals surface area contributed by atoms with E-state index in [1.807, 2.05) is 26.0 Å². The van der Waals surface area contributed by atoms with Gasteiger partial charge in [-0.25, -0.2) is 9.18 Å². The average molecular weight is 331 g/mol. The van der Waals surface area contributed by atoms with Gasteiger partial charge in [-0.15, -0.1) is 0 Å². The SMILES string of the molecule is C[C@@H](CNC(=O)N(C)[C@@H](C)c1ccncc1)Oc1ccc(F)cc1. The predicted molar refractivity (Wildman–Crippen MR) is 90.3 cm³/mol. The van der Waals surface area contributed by atoms with Gasteiger partial charge >= 0.3 is 6.03 Å². The first-order valence-electron chi connectivity index (χ1n) is 7.80. The fourth-order valence-electron chi connectivity index (χ4n) is 2.18. The second-order valence-electron chi connectivity index (χ2n) is 5.64. The first kappa shape index (κ1) is 17.7. The summed E-state index contributed by atoms with van der Waals surface area (Å²) < 4.78 is 18.5. The number of hydrogen-bond acceptors (Lipinski definition) is 3. The Morgan fingerprint density at radius 1 is 1.21 bits per heavy atom. The smallest absolute Gasteiger partial charge is 0.317 e. The van der Waals surface area contributed by atoms with E-state index in [-0.39, 0.29) is 24.0 Å². The molecule has 5 nitrogen and oxygen atoms in total. The van der Waals surface area contributed by atoms with Crippen LogP contribution >= 0.6 is 0 Å². The Balaban J connectivity index is 1.82. The molecule has 0 fully saturated rings. The number of pyridine rings is 1. The predicted octanol–water partition coefficient (Wildman–Crippen LogP) is 3.39. The molecule has 2 atom stereocenters. The van der Waals surface area contributed by atoms with Gasteiger partial charge in [0.25, 0.3) is 0 Å². The molecular weight excluding hydrogens is 309 g/mol. The molecule has 0 unspecified atom stereocenters. The van der Waals surface area contributed by atoms with Gasteiger partial charge in [0, 0.05) is 19.4 Å². The largest absolute Gasteiger partial charge is 0.489 e. The van der Waals surface area contributed by atoms with Gasteiger partial charge in [-0.1, -0.05) is 0 Å². The molecule has 1 N–H and O–H groups in total. The Hall–Kier alpha value is -2.63. The van der Waals surface area contributed by atoms with E-state index in [4.69, 9.17) is 4.74 Å². The molecule has 0 spiro atoms. The highest BCUT2D eigenvalue weighted by Gasteiger charge is 2.17. The molecule has 0 saturated carbocycles. The molecule has 128 valence electrons. The third kappa shape index (κ3) is 4.94. The van der Waals surface area contributed by atoms with Crippen molar-refractivity contribution in [2.45, 2.75) is 26.0 Å². The standard InChI is InChI=1S/C18H22FN3O2/c1-13(24-17-6-4-16(19)5-7-17)12-21-18(23)22(3)14(2)15-8-10-20-11-9-15/h4-11,13-14H,12H2,1-3H3,(H,21,23)/t13-,14-/m0/s1. The number of benzene rings is 1. The molecule has 1 aromatic heterocycles. The van der Waals surface area contributed by atoms with Gasteiger partial charge in [0.2, 0.25) is 0 Å². The zero-order valence-electron chi connectivity index (χ0n) is 14.1. The minimum absolute atomic E-state index is 0.0682. The fraction of sp³-hybridized carbons (Fsp3) is 0.333. The number of carbonyl (C=O) groups excluding carboxylic acids is 1. The molecule has 24 heavy (non-hydrogen) atoms. The summed E-state index contributed by atoms with van der Waals surface area (Å²) in [6.45, 7) is 4.15. The van der Waals surface area contributed by atoms with Crippen LogP contribution in [0.2, 0.25) is 0 Å². The number of aromatic nitrogens is 1. The second-order valence-corrected chi connectivity index (χ2v) is 5.64. The Labute approximate surface area is 141 Å². The number of urea groups is 1. The molecule has 0 saturated heterocycles. The number of ether oxygens (including phenoxy) is 1. The van der Waals surface area contributed by atoms with E-state index in [0.717, 1.165) is 5.56 Å². The van der Waals surface area contributed by atoms with Crippen molar-refractivity contribution in [3.63, 3.8) is 0 Å². The van der Waals surface area contributed by atoms with Gasteiger partial charge in [0.05, 0.1) is 12.6 Å². The first-order chi connectivity index (χ1) is 11.5. The maximum Gasteiger partial charge on any atom is 0.317 e. The first-order valence-corrected chi connectivity index (χ1v) is 7.80. The molecule has 0 bridgehead atoms. The number of nitrogens with one attached hydrogen (secondary N) is 1. The van der Waals surface area contributed by atoms with E-state index >= 15 is 0 Å². The van der Waals surface area contributed by atoms with Crippen molar-refractivity contribution in [1.82, 2.24) is 15.2 Å². The maximum atomic E-state index is 12.9. The highest BCUT2D eigenvalue weighted by atomic mass is 19.1. The molecule has 2 amide bonds. The summed E-state index contributed by atoms with van der Waals surface area (Å²) in [6, 6.07) is 9.31. The summed E-state index contributed by atoms with van der Waals surface area (Å²) in [4.78, 5) is 17.9. The minimum Gasteiger partial charge on any atom is -0.489 e.